The largest absolute Gasteiger partial charge is 0.494 e. The zero-order valence-electron chi connectivity index (χ0n) is 17.9. The first-order chi connectivity index (χ1) is 14.4. The highest BCUT2D eigenvalue weighted by Gasteiger charge is 2.15. The van der Waals surface area contributed by atoms with Crippen molar-refractivity contribution in [3.05, 3.63) is 53.6 Å². The summed E-state index contributed by atoms with van der Waals surface area (Å²) in [6.45, 7) is 6.42. The van der Waals surface area contributed by atoms with Crippen LogP contribution in [0.3, 0.4) is 0 Å². The van der Waals surface area contributed by atoms with Gasteiger partial charge in [-0.1, -0.05) is 12.1 Å². The van der Waals surface area contributed by atoms with Gasteiger partial charge in [0.1, 0.15) is 11.5 Å². The standard InChI is InChI=1S/C24H30N2O4/c1-16(2)30-20-9-6-18(7-10-20)17(3)25-23(27)5-4-14-29-21-11-12-22-19(15-21)8-13-24(28)26-22/h6-7,9-12,15-17H,4-5,8,13-14H2,1-3H3,(H,25,27)(H,26,28). The Labute approximate surface area is 178 Å². The third-order valence-electron chi connectivity index (χ3n) is 4.92. The van der Waals surface area contributed by atoms with Gasteiger partial charge in [0, 0.05) is 18.5 Å². The Hall–Kier alpha value is -3.02. The van der Waals surface area contributed by atoms with Crippen LogP contribution in [0.4, 0.5) is 5.69 Å². The number of fused-ring (bicyclic) bond motifs is 1. The highest BCUT2D eigenvalue weighted by Crippen LogP contribution is 2.27. The second-order valence-electron chi connectivity index (χ2n) is 7.84. The summed E-state index contributed by atoms with van der Waals surface area (Å²) in [6.07, 6.45) is 2.40. The average Bonchev–Trinajstić information content (AvgIpc) is 2.71. The van der Waals surface area contributed by atoms with Crippen LogP contribution in [0.5, 0.6) is 11.5 Å². The minimum atomic E-state index is -0.0672. The zero-order valence-corrected chi connectivity index (χ0v) is 17.9. The van der Waals surface area contributed by atoms with Crippen LogP contribution < -0.4 is 20.1 Å². The molecule has 30 heavy (non-hydrogen) atoms. The third-order valence-corrected chi connectivity index (χ3v) is 4.92. The number of anilines is 1. The van der Waals surface area contributed by atoms with E-state index in [9.17, 15) is 9.59 Å². The molecular weight excluding hydrogens is 380 g/mol. The fraction of sp³-hybridized carbons (Fsp3) is 0.417. The van der Waals surface area contributed by atoms with E-state index in [2.05, 4.69) is 10.6 Å². The molecule has 6 nitrogen and oxygen atoms in total. The quantitative estimate of drug-likeness (QED) is 0.601. The number of carbonyl (C=O) groups is 2. The summed E-state index contributed by atoms with van der Waals surface area (Å²) in [5.74, 6) is 1.65. The molecule has 2 amide bonds. The van der Waals surface area contributed by atoms with Crippen molar-refractivity contribution >= 4 is 17.5 Å². The number of carbonyl (C=O) groups excluding carboxylic acids is 2. The lowest BCUT2D eigenvalue weighted by molar-refractivity contribution is -0.122. The lowest BCUT2D eigenvalue weighted by Gasteiger charge is -2.18. The molecule has 0 saturated carbocycles. The SMILES string of the molecule is CC(C)Oc1ccc(C(C)NC(=O)CCCOc2ccc3c(c2)CCC(=O)N3)cc1. The summed E-state index contributed by atoms with van der Waals surface area (Å²) in [5.41, 5.74) is 2.98. The number of aryl methyl sites for hydroxylation is 1. The van der Waals surface area contributed by atoms with Gasteiger partial charge >= 0.3 is 0 Å². The van der Waals surface area contributed by atoms with E-state index in [1.807, 2.05) is 63.2 Å². The Morgan fingerprint density at radius 3 is 2.53 bits per heavy atom. The van der Waals surface area contributed by atoms with Crippen molar-refractivity contribution in [2.24, 2.45) is 0 Å². The van der Waals surface area contributed by atoms with Crippen molar-refractivity contribution in [3.8, 4) is 11.5 Å². The molecule has 1 aliphatic rings. The van der Waals surface area contributed by atoms with Gasteiger partial charge in [0.25, 0.3) is 0 Å². The van der Waals surface area contributed by atoms with E-state index >= 15 is 0 Å². The Balaban J connectivity index is 1.39. The highest BCUT2D eigenvalue weighted by molar-refractivity contribution is 5.94. The van der Waals surface area contributed by atoms with Gasteiger partial charge in [-0.05, 0) is 75.1 Å². The van der Waals surface area contributed by atoms with E-state index in [0.717, 1.165) is 34.7 Å². The smallest absolute Gasteiger partial charge is 0.224 e. The first kappa shape index (κ1) is 21.7. The Morgan fingerprint density at radius 1 is 1.07 bits per heavy atom. The molecule has 0 saturated heterocycles. The van der Waals surface area contributed by atoms with Crippen LogP contribution >= 0.6 is 0 Å². The normalized spacial score (nSPS) is 13.9. The van der Waals surface area contributed by atoms with E-state index in [4.69, 9.17) is 9.47 Å². The van der Waals surface area contributed by atoms with Crippen LogP contribution in [0.15, 0.2) is 42.5 Å². The molecular formula is C24H30N2O4. The van der Waals surface area contributed by atoms with Gasteiger partial charge in [0.15, 0.2) is 0 Å². The van der Waals surface area contributed by atoms with Crippen molar-refractivity contribution in [1.82, 2.24) is 5.32 Å². The maximum atomic E-state index is 12.2. The van der Waals surface area contributed by atoms with Crippen LogP contribution in [0.25, 0.3) is 0 Å². The summed E-state index contributed by atoms with van der Waals surface area (Å²) < 4.78 is 11.4. The topological polar surface area (TPSA) is 76.7 Å². The van der Waals surface area contributed by atoms with E-state index in [-0.39, 0.29) is 24.0 Å². The van der Waals surface area contributed by atoms with Crippen molar-refractivity contribution in [2.75, 3.05) is 11.9 Å². The van der Waals surface area contributed by atoms with Gasteiger partial charge in [-0.3, -0.25) is 9.59 Å². The van der Waals surface area contributed by atoms with Gasteiger partial charge in [0.2, 0.25) is 11.8 Å². The predicted octanol–water partition coefficient (Wildman–Crippen LogP) is 4.39. The molecule has 0 aromatic heterocycles. The number of hydrogen-bond donors (Lipinski definition) is 2. The van der Waals surface area contributed by atoms with Crippen molar-refractivity contribution in [1.29, 1.82) is 0 Å². The van der Waals surface area contributed by atoms with Crippen molar-refractivity contribution in [2.45, 2.75) is 58.6 Å². The zero-order chi connectivity index (χ0) is 21.5. The molecule has 3 rings (SSSR count). The van der Waals surface area contributed by atoms with Gasteiger partial charge < -0.3 is 20.1 Å². The second-order valence-corrected chi connectivity index (χ2v) is 7.84. The summed E-state index contributed by atoms with van der Waals surface area (Å²) in [5, 5.41) is 5.88. The molecule has 1 heterocycles. The first-order valence-electron chi connectivity index (χ1n) is 10.5. The molecule has 0 aliphatic carbocycles. The molecule has 1 atom stereocenters. The maximum Gasteiger partial charge on any atom is 0.224 e. The van der Waals surface area contributed by atoms with E-state index < -0.39 is 0 Å². The Bertz CT molecular complexity index is 877. The van der Waals surface area contributed by atoms with Crippen LogP contribution in [-0.4, -0.2) is 24.5 Å². The van der Waals surface area contributed by atoms with Crippen LogP contribution in [-0.2, 0) is 16.0 Å². The van der Waals surface area contributed by atoms with Gasteiger partial charge in [-0.2, -0.15) is 0 Å². The molecule has 6 heteroatoms. The molecule has 1 unspecified atom stereocenters. The number of nitrogens with one attached hydrogen (secondary N) is 2. The van der Waals surface area contributed by atoms with Crippen LogP contribution in [0, 0.1) is 0 Å². The lowest BCUT2D eigenvalue weighted by Crippen LogP contribution is -2.26. The molecule has 160 valence electrons. The fourth-order valence-corrected chi connectivity index (χ4v) is 3.38. The number of ether oxygens (including phenoxy) is 2. The summed E-state index contributed by atoms with van der Waals surface area (Å²) in [6, 6.07) is 13.4. The molecule has 2 N–H and O–H groups in total. The molecule has 0 bridgehead atoms. The summed E-state index contributed by atoms with van der Waals surface area (Å²) >= 11 is 0. The highest BCUT2D eigenvalue weighted by atomic mass is 16.5. The van der Waals surface area contributed by atoms with Gasteiger partial charge in [-0.15, -0.1) is 0 Å². The second kappa shape index (κ2) is 10.1. The summed E-state index contributed by atoms with van der Waals surface area (Å²) in [4.78, 5) is 23.7. The maximum absolute atomic E-state index is 12.2. The fourth-order valence-electron chi connectivity index (χ4n) is 3.38. The number of amides is 2. The Kier molecular flexibility index (Phi) is 7.33. The molecule has 2 aromatic rings. The molecule has 2 aromatic carbocycles. The molecule has 0 radical (unpaired) electrons. The first-order valence-corrected chi connectivity index (χ1v) is 10.5. The average molecular weight is 411 g/mol. The lowest BCUT2D eigenvalue weighted by atomic mass is 10.0. The van der Waals surface area contributed by atoms with E-state index in [1.165, 1.54) is 0 Å². The third kappa shape index (κ3) is 6.24. The number of benzene rings is 2. The minimum absolute atomic E-state index is 0.00163. The van der Waals surface area contributed by atoms with E-state index in [1.54, 1.807) is 0 Å². The van der Waals surface area contributed by atoms with Gasteiger partial charge in [0.05, 0.1) is 18.8 Å². The minimum Gasteiger partial charge on any atom is -0.494 e. The predicted molar refractivity (Wildman–Crippen MR) is 117 cm³/mol. The Morgan fingerprint density at radius 2 is 1.80 bits per heavy atom. The number of rotatable bonds is 9. The molecule has 0 spiro atoms. The van der Waals surface area contributed by atoms with Crippen LogP contribution in [0.1, 0.15) is 57.2 Å². The van der Waals surface area contributed by atoms with Crippen LogP contribution in [0.2, 0.25) is 0 Å². The van der Waals surface area contributed by atoms with Crippen molar-refractivity contribution in [3.63, 3.8) is 0 Å². The summed E-state index contributed by atoms with van der Waals surface area (Å²) in [7, 11) is 0. The molecule has 0 fully saturated rings. The number of hydrogen-bond acceptors (Lipinski definition) is 4. The van der Waals surface area contributed by atoms with E-state index in [0.29, 0.717) is 25.9 Å². The van der Waals surface area contributed by atoms with Crippen molar-refractivity contribution < 1.29 is 19.1 Å². The monoisotopic (exact) mass is 410 g/mol. The molecule has 1 aliphatic heterocycles. The van der Waals surface area contributed by atoms with Gasteiger partial charge in [-0.25, -0.2) is 0 Å².